The molecule has 0 bridgehead atoms. The Kier molecular flexibility index (Phi) is 5.71. The van der Waals surface area contributed by atoms with Crippen LogP contribution in [0.3, 0.4) is 0 Å². The van der Waals surface area contributed by atoms with Crippen LogP contribution in [0.1, 0.15) is 39.0 Å². The molecule has 0 aromatic rings. The van der Waals surface area contributed by atoms with Gasteiger partial charge in [-0.15, -0.1) is 0 Å². The average molecular weight is 217 g/mol. The van der Waals surface area contributed by atoms with Gasteiger partial charge in [0.25, 0.3) is 0 Å². The fourth-order valence-electron chi connectivity index (χ4n) is 2.14. The Hall–Kier alpha value is 0.110. The van der Waals surface area contributed by atoms with Crippen LogP contribution in [0.25, 0.3) is 0 Å². The van der Waals surface area contributed by atoms with E-state index in [1.54, 1.807) is 0 Å². The van der Waals surface area contributed by atoms with Crippen LogP contribution in [-0.4, -0.2) is 28.8 Å². The molecule has 1 aliphatic carbocycles. The second-order valence-corrected chi connectivity index (χ2v) is 5.86. The first-order valence-corrected chi connectivity index (χ1v) is 7.27. The van der Waals surface area contributed by atoms with Crippen LogP contribution in [0, 0.1) is 5.92 Å². The first-order valence-electron chi connectivity index (χ1n) is 5.78. The summed E-state index contributed by atoms with van der Waals surface area (Å²) in [5.74, 6) is 2.53. The first-order chi connectivity index (χ1) is 6.76. The van der Waals surface area contributed by atoms with Crippen molar-refractivity contribution in [2.24, 2.45) is 5.92 Å². The zero-order chi connectivity index (χ0) is 10.4. The topological polar surface area (TPSA) is 29.1 Å². The lowest BCUT2D eigenvalue weighted by molar-refractivity contribution is 0.576. The van der Waals surface area contributed by atoms with E-state index < -0.39 is 10.8 Å². The molecule has 2 unspecified atom stereocenters. The largest absolute Gasteiger partial charge is 0.316 e. The third-order valence-electron chi connectivity index (χ3n) is 3.18. The van der Waals surface area contributed by atoms with Crippen molar-refractivity contribution in [2.45, 2.75) is 45.1 Å². The van der Waals surface area contributed by atoms with Gasteiger partial charge in [-0.25, -0.2) is 0 Å². The van der Waals surface area contributed by atoms with E-state index in [1.807, 2.05) is 7.05 Å². The number of rotatable bonds is 6. The molecular formula is C11H23NOS. The summed E-state index contributed by atoms with van der Waals surface area (Å²) in [5.41, 5.74) is 0. The molecule has 1 rings (SSSR count). The highest BCUT2D eigenvalue weighted by molar-refractivity contribution is 7.85. The molecule has 2 nitrogen and oxygen atoms in total. The van der Waals surface area contributed by atoms with E-state index >= 15 is 0 Å². The van der Waals surface area contributed by atoms with Gasteiger partial charge in [-0.3, -0.25) is 4.21 Å². The van der Waals surface area contributed by atoms with Crippen molar-refractivity contribution in [3.05, 3.63) is 0 Å². The van der Waals surface area contributed by atoms with Crippen LogP contribution in [-0.2, 0) is 10.8 Å². The molecule has 0 radical (unpaired) electrons. The molecule has 1 N–H and O–H groups in total. The molecule has 0 spiro atoms. The highest BCUT2D eigenvalue weighted by Crippen LogP contribution is 2.25. The average Bonchev–Trinajstić information content (AvgIpc) is 2.66. The summed E-state index contributed by atoms with van der Waals surface area (Å²) in [6.45, 7) is 2.15. The second kappa shape index (κ2) is 6.57. The van der Waals surface area contributed by atoms with Crippen LogP contribution in [0.4, 0.5) is 0 Å². The van der Waals surface area contributed by atoms with Crippen LogP contribution >= 0.6 is 0 Å². The van der Waals surface area contributed by atoms with Gasteiger partial charge in [-0.1, -0.05) is 19.8 Å². The molecule has 0 aliphatic heterocycles. The summed E-state index contributed by atoms with van der Waals surface area (Å²) < 4.78 is 11.8. The molecule has 0 aromatic heterocycles. The van der Waals surface area contributed by atoms with E-state index in [4.69, 9.17) is 0 Å². The molecule has 84 valence electrons. The van der Waals surface area contributed by atoms with Crippen molar-refractivity contribution in [2.75, 3.05) is 18.6 Å². The lowest BCUT2D eigenvalue weighted by Crippen LogP contribution is -2.31. The maximum absolute atomic E-state index is 11.8. The Morgan fingerprint density at radius 1 is 1.43 bits per heavy atom. The minimum absolute atomic E-state index is 0.442. The summed E-state index contributed by atoms with van der Waals surface area (Å²) in [6, 6.07) is 0.442. The Morgan fingerprint density at radius 3 is 2.57 bits per heavy atom. The van der Waals surface area contributed by atoms with Gasteiger partial charge in [0.1, 0.15) is 0 Å². The molecule has 1 fully saturated rings. The maximum atomic E-state index is 11.8. The van der Waals surface area contributed by atoms with Crippen molar-refractivity contribution in [3.63, 3.8) is 0 Å². The molecule has 0 saturated heterocycles. The van der Waals surface area contributed by atoms with Crippen molar-refractivity contribution in [3.8, 4) is 0 Å². The zero-order valence-electron chi connectivity index (χ0n) is 9.42. The molecule has 0 aromatic carbocycles. The smallest absolute Gasteiger partial charge is 0.0388 e. The van der Waals surface area contributed by atoms with Crippen molar-refractivity contribution >= 4 is 10.8 Å². The van der Waals surface area contributed by atoms with Gasteiger partial charge >= 0.3 is 0 Å². The number of nitrogens with one attached hydrogen (secondary N) is 1. The fourth-order valence-corrected chi connectivity index (χ4v) is 3.98. The molecule has 1 aliphatic rings. The Labute approximate surface area is 90.3 Å². The lowest BCUT2D eigenvalue weighted by Gasteiger charge is -2.15. The monoisotopic (exact) mass is 217 g/mol. The summed E-state index contributed by atoms with van der Waals surface area (Å²) in [5, 5.41) is 3.21. The Bertz CT molecular complexity index is 168. The van der Waals surface area contributed by atoms with E-state index in [0.29, 0.717) is 6.04 Å². The summed E-state index contributed by atoms with van der Waals surface area (Å²) in [6.07, 6.45) is 6.40. The highest BCUT2D eigenvalue weighted by Gasteiger charge is 2.18. The van der Waals surface area contributed by atoms with Crippen molar-refractivity contribution < 1.29 is 4.21 Å². The predicted octanol–water partition coefficient (Wildman–Crippen LogP) is 1.92. The second-order valence-electron chi connectivity index (χ2n) is 4.32. The third kappa shape index (κ3) is 4.09. The molecule has 2 atom stereocenters. The van der Waals surface area contributed by atoms with Gasteiger partial charge in [-0.2, -0.15) is 0 Å². The van der Waals surface area contributed by atoms with Crippen LogP contribution in [0.15, 0.2) is 0 Å². The molecular weight excluding hydrogens is 194 g/mol. The normalized spacial score (nSPS) is 22.4. The maximum Gasteiger partial charge on any atom is 0.0388 e. The Balaban J connectivity index is 2.20. The van der Waals surface area contributed by atoms with Gasteiger partial charge in [0, 0.05) is 28.3 Å². The van der Waals surface area contributed by atoms with Crippen molar-refractivity contribution in [1.82, 2.24) is 5.32 Å². The van der Waals surface area contributed by atoms with Gasteiger partial charge < -0.3 is 5.32 Å². The SMILES string of the molecule is CCC(CS(=O)CC1CCCC1)NC. The molecule has 0 amide bonds. The standard InChI is InChI=1S/C11H23NOS/c1-3-11(12-2)9-14(13)8-10-6-4-5-7-10/h10-12H,3-9H2,1-2H3. The van der Waals surface area contributed by atoms with Crippen LogP contribution in [0.2, 0.25) is 0 Å². The first kappa shape index (κ1) is 12.2. The van der Waals surface area contributed by atoms with Gasteiger partial charge in [0.2, 0.25) is 0 Å². The summed E-state index contributed by atoms with van der Waals surface area (Å²) in [7, 11) is 1.36. The van der Waals surface area contributed by atoms with Gasteiger partial charge in [0.15, 0.2) is 0 Å². The summed E-state index contributed by atoms with van der Waals surface area (Å²) in [4.78, 5) is 0. The summed E-state index contributed by atoms with van der Waals surface area (Å²) >= 11 is 0. The molecule has 0 heterocycles. The molecule has 14 heavy (non-hydrogen) atoms. The highest BCUT2D eigenvalue weighted by atomic mass is 32.2. The van der Waals surface area contributed by atoms with Gasteiger partial charge in [-0.05, 0) is 32.2 Å². The predicted molar refractivity (Wildman–Crippen MR) is 63.0 cm³/mol. The quantitative estimate of drug-likeness (QED) is 0.736. The Morgan fingerprint density at radius 2 is 2.07 bits per heavy atom. The third-order valence-corrected chi connectivity index (χ3v) is 4.80. The van der Waals surface area contributed by atoms with Crippen LogP contribution < -0.4 is 5.32 Å². The lowest BCUT2D eigenvalue weighted by atomic mass is 10.1. The van der Waals surface area contributed by atoms with Crippen molar-refractivity contribution in [1.29, 1.82) is 0 Å². The van der Waals surface area contributed by atoms with Gasteiger partial charge in [0.05, 0.1) is 0 Å². The zero-order valence-corrected chi connectivity index (χ0v) is 10.2. The number of hydrogen-bond donors (Lipinski definition) is 1. The van der Waals surface area contributed by atoms with E-state index in [1.165, 1.54) is 25.7 Å². The fraction of sp³-hybridized carbons (Fsp3) is 1.00. The molecule has 1 saturated carbocycles. The van der Waals surface area contributed by atoms with E-state index in [2.05, 4.69) is 12.2 Å². The van der Waals surface area contributed by atoms with E-state index in [0.717, 1.165) is 23.8 Å². The van der Waals surface area contributed by atoms with E-state index in [-0.39, 0.29) is 0 Å². The molecule has 3 heteroatoms. The van der Waals surface area contributed by atoms with Crippen LogP contribution in [0.5, 0.6) is 0 Å². The minimum atomic E-state index is -0.602. The minimum Gasteiger partial charge on any atom is -0.316 e. The number of hydrogen-bond acceptors (Lipinski definition) is 2. The van der Waals surface area contributed by atoms with E-state index in [9.17, 15) is 4.21 Å².